The van der Waals surface area contributed by atoms with Gasteiger partial charge in [0.05, 0.1) is 11.9 Å². The van der Waals surface area contributed by atoms with E-state index in [1.807, 2.05) is 5.32 Å². The summed E-state index contributed by atoms with van der Waals surface area (Å²) in [7, 11) is -3.93. The summed E-state index contributed by atoms with van der Waals surface area (Å²) in [5.74, 6) is -3.51. The van der Waals surface area contributed by atoms with Crippen LogP contribution in [0.3, 0.4) is 0 Å². The minimum Gasteiger partial charge on any atom is -0.319 e. The van der Waals surface area contributed by atoms with Gasteiger partial charge in [-0.1, -0.05) is 6.07 Å². The Morgan fingerprint density at radius 2 is 1.56 bits per heavy atom. The maximum absolute atomic E-state index is 13.6. The predicted molar refractivity (Wildman–Crippen MR) is 88.2 cm³/mol. The van der Waals surface area contributed by atoms with Crippen molar-refractivity contribution in [2.45, 2.75) is 13.0 Å². The van der Waals surface area contributed by atoms with Crippen LogP contribution in [0.2, 0.25) is 0 Å². The molecule has 25 heavy (non-hydrogen) atoms. The zero-order chi connectivity index (χ0) is 18.8. The van der Waals surface area contributed by atoms with E-state index in [1.165, 1.54) is 19.1 Å². The van der Waals surface area contributed by atoms with Crippen LogP contribution in [-0.4, -0.2) is 26.6 Å². The average molecular weight is 372 g/mol. The molecule has 2 aromatic rings. The number of nitrogens with zero attached hydrogens (tertiary/aromatic N) is 1. The van der Waals surface area contributed by atoms with E-state index in [-0.39, 0.29) is 5.69 Å². The Morgan fingerprint density at radius 3 is 2.04 bits per heavy atom. The van der Waals surface area contributed by atoms with Gasteiger partial charge in [0.2, 0.25) is 15.9 Å². The van der Waals surface area contributed by atoms with E-state index < -0.39 is 45.1 Å². The number of hydrogen-bond acceptors (Lipinski definition) is 3. The van der Waals surface area contributed by atoms with Crippen LogP contribution in [0.5, 0.6) is 0 Å². The Kier molecular flexibility index (Phi) is 5.36. The van der Waals surface area contributed by atoms with E-state index in [2.05, 4.69) is 0 Å². The summed E-state index contributed by atoms with van der Waals surface area (Å²) in [6.45, 7) is 1.25. The van der Waals surface area contributed by atoms with Crippen molar-refractivity contribution in [3.05, 3.63) is 59.9 Å². The minimum absolute atomic E-state index is 0.0422. The fourth-order valence-corrected chi connectivity index (χ4v) is 3.42. The molecular formula is C16H15F3N2O3S. The third-order valence-corrected chi connectivity index (χ3v) is 4.62. The van der Waals surface area contributed by atoms with E-state index in [1.54, 1.807) is 0 Å². The van der Waals surface area contributed by atoms with Gasteiger partial charge in [-0.2, -0.15) is 0 Å². The van der Waals surface area contributed by atoms with E-state index in [4.69, 9.17) is 0 Å². The lowest BCUT2D eigenvalue weighted by molar-refractivity contribution is -0.116. The molecule has 134 valence electrons. The third-order valence-electron chi connectivity index (χ3n) is 3.38. The van der Waals surface area contributed by atoms with Crippen LogP contribution in [0.25, 0.3) is 0 Å². The van der Waals surface area contributed by atoms with E-state index >= 15 is 0 Å². The Balaban J connectivity index is 2.35. The van der Waals surface area contributed by atoms with Crippen LogP contribution < -0.4 is 9.62 Å². The summed E-state index contributed by atoms with van der Waals surface area (Å²) < 4.78 is 65.2. The van der Waals surface area contributed by atoms with Crippen molar-refractivity contribution in [2.75, 3.05) is 15.9 Å². The molecule has 0 aliphatic carbocycles. The lowest BCUT2D eigenvalue weighted by atomic mass is 10.2. The molecule has 0 aliphatic heterocycles. The molecule has 1 amide bonds. The topological polar surface area (TPSA) is 66.5 Å². The molecule has 9 heteroatoms. The second-order valence-corrected chi connectivity index (χ2v) is 7.16. The molecule has 0 heterocycles. The zero-order valence-electron chi connectivity index (χ0n) is 13.3. The number of hydrogen-bond donors (Lipinski definition) is 1. The lowest BCUT2D eigenvalue weighted by Gasteiger charge is -2.28. The molecule has 2 aromatic carbocycles. The number of nitrogens with one attached hydrogen (secondary N) is 1. The van der Waals surface area contributed by atoms with Gasteiger partial charge in [0.15, 0.2) is 0 Å². The van der Waals surface area contributed by atoms with Crippen LogP contribution in [0.1, 0.15) is 6.92 Å². The number of carbonyl (C=O) groups is 1. The molecule has 0 radical (unpaired) electrons. The highest BCUT2D eigenvalue weighted by Gasteiger charge is 2.30. The van der Waals surface area contributed by atoms with Crippen LogP contribution in [0.4, 0.5) is 24.5 Å². The van der Waals surface area contributed by atoms with Crippen molar-refractivity contribution in [1.29, 1.82) is 0 Å². The molecular weight excluding hydrogens is 357 g/mol. The van der Waals surface area contributed by atoms with Gasteiger partial charge in [0, 0.05) is 0 Å². The van der Waals surface area contributed by atoms with Gasteiger partial charge in [-0.15, -0.1) is 0 Å². The van der Waals surface area contributed by atoms with Crippen molar-refractivity contribution in [1.82, 2.24) is 0 Å². The maximum atomic E-state index is 13.6. The first-order valence-electron chi connectivity index (χ1n) is 7.11. The highest BCUT2D eigenvalue weighted by atomic mass is 32.2. The van der Waals surface area contributed by atoms with Crippen LogP contribution in [0.15, 0.2) is 42.5 Å². The molecule has 0 fully saturated rings. The summed E-state index contributed by atoms with van der Waals surface area (Å²) in [5.41, 5.74) is -0.632. The van der Waals surface area contributed by atoms with Crippen molar-refractivity contribution in [3.63, 3.8) is 0 Å². The first kappa shape index (κ1) is 18.8. The molecule has 0 aromatic heterocycles. The minimum atomic E-state index is -3.93. The van der Waals surface area contributed by atoms with Gasteiger partial charge in [0.25, 0.3) is 0 Å². The summed E-state index contributed by atoms with van der Waals surface area (Å²) in [4.78, 5) is 12.3. The van der Waals surface area contributed by atoms with Gasteiger partial charge in [-0.05, 0) is 43.3 Å². The van der Waals surface area contributed by atoms with Crippen LogP contribution in [-0.2, 0) is 14.8 Å². The summed E-state index contributed by atoms with van der Waals surface area (Å²) in [6.07, 6.45) is 0.865. The summed E-state index contributed by atoms with van der Waals surface area (Å²) in [6, 6.07) is 6.15. The Morgan fingerprint density at radius 1 is 1.04 bits per heavy atom. The van der Waals surface area contributed by atoms with Crippen molar-refractivity contribution in [2.24, 2.45) is 0 Å². The van der Waals surface area contributed by atoms with Crippen LogP contribution in [0, 0.1) is 17.5 Å². The molecule has 2 rings (SSSR count). The molecule has 5 nitrogen and oxygen atoms in total. The molecule has 1 atom stereocenters. The molecule has 1 N–H and O–H groups in total. The number of sulfonamides is 1. The number of halogens is 3. The van der Waals surface area contributed by atoms with Gasteiger partial charge >= 0.3 is 0 Å². The quantitative estimate of drug-likeness (QED) is 0.878. The van der Waals surface area contributed by atoms with E-state index in [0.717, 1.165) is 40.9 Å². The number of benzene rings is 2. The maximum Gasteiger partial charge on any atom is 0.248 e. The van der Waals surface area contributed by atoms with E-state index in [9.17, 15) is 26.4 Å². The molecule has 0 saturated carbocycles. The van der Waals surface area contributed by atoms with Gasteiger partial charge in [-0.25, -0.2) is 21.6 Å². The first-order valence-corrected chi connectivity index (χ1v) is 8.96. The van der Waals surface area contributed by atoms with Crippen molar-refractivity contribution < 1.29 is 26.4 Å². The average Bonchev–Trinajstić information content (AvgIpc) is 2.51. The molecule has 0 spiro atoms. The highest BCUT2D eigenvalue weighted by molar-refractivity contribution is 7.92. The molecule has 1 unspecified atom stereocenters. The second-order valence-electron chi connectivity index (χ2n) is 5.30. The molecule has 0 aliphatic rings. The lowest BCUT2D eigenvalue weighted by Crippen LogP contribution is -2.45. The number of rotatable bonds is 5. The van der Waals surface area contributed by atoms with Crippen molar-refractivity contribution >= 4 is 27.3 Å². The third kappa shape index (κ3) is 4.30. The monoisotopic (exact) mass is 372 g/mol. The number of amides is 1. The first-order chi connectivity index (χ1) is 11.6. The van der Waals surface area contributed by atoms with Crippen LogP contribution >= 0.6 is 0 Å². The van der Waals surface area contributed by atoms with Gasteiger partial charge in [0.1, 0.15) is 29.2 Å². The number of para-hydroxylation sites is 1. The molecule has 0 saturated heterocycles. The summed E-state index contributed by atoms with van der Waals surface area (Å²) >= 11 is 0. The Labute approximate surface area is 143 Å². The fourth-order valence-electron chi connectivity index (χ4n) is 2.24. The zero-order valence-corrected chi connectivity index (χ0v) is 14.1. The number of carbonyl (C=O) groups excluding carboxylic acids is 1. The normalized spacial score (nSPS) is 12.5. The molecule has 0 bridgehead atoms. The summed E-state index contributed by atoms with van der Waals surface area (Å²) in [5, 5.41) is 2.04. The Hall–Kier alpha value is -2.55. The smallest absolute Gasteiger partial charge is 0.248 e. The van der Waals surface area contributed by atoms with Gasteiger partial charge in [-0.3, -0.25) is 9.10 Å². The van der Waals surface area contributed by atoms with E-state index in [0.29, 0.717) is 0 Å². The van der Waals surface area contributed by atoms with Crippen molar-refractivity contribution in [3.8, 4) is 0 Å². The second kappa shape index (κ2) is 7.14. The number of anilines is 2. The predicted octanol–water partition coefficient (Wildman–Crippen LogP) is 2.90. The standard InChI is InChI=1S/C16H15F3N2O3S/c1-10(16(22)20-15-13(18)4-3-5-14(15)19)21(25(2,23)24)12-8-6-11(17)7-9-12/h3-10H,1-2H3,(H,20,22). The van der Waals surface area contributed by atoms with Gasteiger partial charge < -0.3 is 5.32 Å². The Bertz CT molecular complexity index is 866. The fraction of sp³-hybridized carbons (Fsp3) is 0.188. The highest BCUT2D eigenvalue weighted by Crippen LogP contribution is 2.23. The SMILES string of the molecule is CC(C(=O)Nc1c(F)cccc1F)N(c1ccc(F)cc1)S(C)(=O)=O. The largest absolute Gasteiger partial charge is 0.319 e.